The molecule has 6 atom stereocenters. The van der Waals surface area contributed by atoms with E-state index in [9.17, 15) is 24.3 Å². The van der Waals surface area contributed by atoms with Crippen molar-refractivity contribution < 1.29 is 29.0 Å². The minimum absolute atomic E-state index is 0.0592. The number of carbonyl (C=O) groups is 4. The number of ether oxygens (including phenoxy) is 1. The molecule has 1 saturated heterocycles. The maximum atomic E-state index is 14.0. The first-order chi connectivity index (χ1) is 18.1. The Balaban J connectivity index is 2.31. The van der Waals surface area contributed by atoms with E-state index in [2.05, 4.69) is 28.4 Å². The number of carbonyl (C=O) groups excluding carboxylic acids is 4. The molecule has 2 rings (SSSR count). The SMILES string of the molecule is C#CCCC(NC(=O)[C@@H]1[C@H]2CCC[C@H]2CN1C(=O)[C@@H](NC(=O)OC(C)(C)C)C(C)(C)C)C(O)C(=O)NCC=C. The van der Waals surface area contributed by atoms with E-state index in [-0.39, 0.29) is 37.1 Å². The van der Waals surface area contributed by atoms with Gasteiger partial charge in [-0.2, -0.15) is 0 Å². The summed E-state index contributed by atoms with van der Waals surface area (Å²) < 4.78 is 5.40. The molecule has 1 saturated carbocycles. The number of rotatable bonds is 10. The van der Waals surface area contributed by atoms with Gasteiger partial charge < -0.3 is 30.7 Å². The molecular weight excluding hydrogens is 500 g/mol. The van der Waals surface area contributed by atoms with Crippen LogP contribution in [-0.4, -0.2) is 76.7 Å². The topological polar surface area (TPSA) is 137 Å². The second-order valence-corrected chi connectivity index (χ2v) is 12.6. The smallest absolute Gasteiger partial charge is 0.408 e. The van der Waals surface area contributed by atoms with Gasteiger partial charge >= 0.3 is 6.09 Å². The lowest BCUT2D eigenvalue weighted by Crippen LogP contribution is -2.60. The van der Waals surface area contributed by atoms with Crippen LogP contribution in [0.2, 0.25) is 0 Å². The highest BCUT2D eigenvalue weighted by atomic mass is 16.6. The first-order valence-electron chi connectivity index (χ1n) is 13.7. The Kier molecular flexibility index (Phi) is 11.0. The quantitative estimate of drug-likeness (QED) is 0.245. The predicted molar refractivity (Wildman–Crippen MR) is 148 cm³/mol. The summed E-state index contributed by atoms with van der Waals surface area (Å²) >= 11 is 0. The van der Waals surface area contributed by atoms with Crippen molar-refractivity contribution in [2.24, 2.45) is 17.3 Å². The zero-order chi connectivity index (χ0) is 29.5. The van der Waals surface area contributed by atoms with Crippen LogP contribution in [0.1, 0.15) is 73.6 Å². The molecule has 2 unspecified atom stereocenters. The third-order valence-electron chi connectivity index (χ3n) is 7.21. The van der Waals surface area contributed by atoms with E-state index < -0.39 is 53.2 Å². The van der Waals surface area contributed by atoms with Crippen molar-refractivity contribution in [1.29, 1.82) is 0 Å². The second kappa shape index (κ2) is 13.3. The molecule has 0 aromatic heterocycles. The lowest BCUT2D eigenvalue weighted by atomic mass is 9.85. The van der Waals surface area contributed by atoms with Gasteiger partial charge in [0.1, 0.15) is 17.7 Å². The van der Waals surface area contributed by atoms with Gasteiger partial charge in [-0.15, -0.1) is 18.9 Å². The van der Waals surface area contributed by atoms with E-state index in [0.29, 0.717) is 6.54 Å². The Morgan fingerprint density at radius 2 is 1.82 bits per heavy atom. The summed E-state index contributed by atoms with van der Waals surface area (Å²) in [5, 5.41) is 18.8. The number of hydrogen-bond acceptors (Lipinski definition) is 6. The largest absolute Gasteiger partial charge is 0.444 e. The summed E-state index contributed by atoms with van der Waals surface area (Å²) in [7, 11) is 0. The van der Waals surface area contributed by atoms with E-state index in [1.165, 1.54) is 6.08 Å². The van der Waals surface area contributed by atoms with Crippen LogP contribution >= 0.6 is 0 Å². The summed E-state index contributed by atoms with van der Waals surface area (Å²) in [6.45, 7) is 14.8. The van der Waals surface area contributed by atoms with Crippen molar-refractivity contribution in [3.05, 3.63) is 12.7 Å². The molecule has 0 spiro atoms. The molecule has 218 valence electrons. The summed E-state index contributed by atoms with van der Waals surface area (Å²) in [6, 6.07) is -2.67. The number of nitrogens with zero attached hydrogens (tertiary/aromatic N) is 1. The number of hydrogen-bond donors (Lipinski definition) is 4. The highest BCUT2D eigenvalue weighted by Crippen LogP contribution is 2.43. The molecule has 10 nitrogen and oxygen atoms in total. The molecule has 0 radical (unpaired) electrons. The van der Waals surface area contributed by atoms with Crippen LogP contribution in [0.25, 0.3) is 0 Å². The van der Waals surface area contributed by atoms with Crippen molar-refractivity contribution in [3.63, 3.8) is 0 Å². The minimum atomic E-state index is -1.52. The van der Waals surface area contributed by atoms with Crippen molar-refractivity contribution in [1.82, 2.24) is 20.9 Å². The van der Waals surface area contributed by atoms with Gasteiger partial charge in [0.25, 0.3) is 5.91 Å². The molecule has 0 bridgehead atoms. The minimum Gasteiger partial charge on any atom is -0.444 e. The lowest BCUT2D eigenvalue weighted by molar-refractivity contribution is -0.144. The van der Waals surface area contributed by atoms with Gasteiger partial charge in [-0.25, -0.2) is 4.79 Å². The zero-order valence-electron chi connectivity index (χ0n) is 24.2. The lowest BCUT2D eigenvalue weighted by Gasteiger charge is -2.37. The highest BCUT2D eigenvalue weighted by Gasteiger charge is 2.52. The van der Waals surface area contributed by atoms with Gasteiger partial charge in [0.2, 0.25) is 11.8 Å². The molecule has 4 N–H and O–H groups in total. The number of amides is 4. The average Bonchev–Trinajstić information content (AvgIpc) is 3.42. The van der Waals surface area contributed by atoms with Gasteiger partial charge in [0.15, 0.2) is 6.10 Å². The number of fused-ring (bicyclic) bond motifs is 1. The fourth-order valence-electron chi connectivity index (χ4n) is 5.38. The average molecular weight is 547 g/mol. The van der Waals surface area contributed by atoms with Crippen LogP contribution in [0.5, 0.6) is 0 Å². The summed E-state index contributed by atoms with van der Waals surface area (Å²) in [4.78, 5) is 54.4. The van der Waals surface area contributed by atoms with Gasteiger partial charge in [-0.1, -0.05) is 33.3 Å². The number of aliphatic hydroxyl groups is 1. The third-order valence-corrected chi connectivity index (χ3v) is 7.21. The van der Waals surface area contributed by atoms with Crippen LogP contribution in [0.4, 0.5) is 4.79 Å². The van der Waals surface area contributed by atoms with E-state index in [1.807, 2.05) is 20.8 Å². The van der Waals surface area contributed by atoms with Crippen LogP contribution in [0.3, 0.4) is 0 Å². The molecule has 39 heavy (non-hydrogen) atoms. The fraction of sp³-hybridized carbons (Fsp3) is 0.724. The summed E-state index contributed by atoms with van der Waals surface area (Å²) in [6.07, 6.45) is 7.72. The van der Waals surface area contributed by atoms with Crippen molar-refractivity contribution in [2.75, 3.05) is 13.1 Å². The molecule has 4 amide bonds. The van der Waals surface area contributed by atoms with Crippen LogP contribution in [0, 0.1) is 29.6 Å². The van der Waals surface area contributed by atoms with Crippen LogP contribution < -0.4 is 16.0 Å². The van der Waals surface area contributed by atoms with Gasteiger partial charge in [0.05, 0.1) is 6.04 Å². The molecule has 0 aromatic rings. The highest BCUT2D eigenvalue weighted by molar-refractivity contribution is 5.93. The van der Waals surface area contributed by atoms with E-state index >= 15 is 0 Å². The van der Waals surface area contributed by atoms with Crippen LogP contribution in [0.15, 0.2) is 12.7 Å². The molecule has 2 aliphatic rings. The molecule has 0 aromatic carbocycles. The number of alkyl carbamates (subject to hydrolysis) is 1. The molecule has 1 aliphatic carbocycles. The number of terminal acetylenes is 1. The predicted octanol–water partition coefficient (Wildman–Crippen LogP) is 2.11. The number of nitrogens with one attached hydrogen (secondary N) is 3. The fourth-order valence-corrected chi connectivity index (χ4v) is 5.38. The Bertz CT molecular complexity index is 960. The maximum Gasteiger partial charge on any atom is 0.408 e. The molecule has 1 heterocycles. The number of aliphatic hydroxyl groups excluding tert-OH is 1. The Labute approximate surface area is 232 Å². The van der Waals surface area contributed by atoms with Gasteiger partial charge in [-0.3, -0.25) is 14.4 Å². The van der Waals surface area contributed by atoms with E-state index in [1.54, 1.807) is 25.7 Å². The second-order valence-electron chi connectivity index (χ2n) is 12.6. The first kappa shape index (κ1) is 32.2. The Hall–Kier alpha value is -3.06. The first-order valence-corrected chi connectivity index (χ1v) is 13.7. The summed E-state index contributed by atoms with van der Waals surface area (Å²) in [5.74, 6) is 1.11. The Morgan fingerprint density at radius 1 is 1.15 bits per heavy atom. The van der Waals surface area contributed by atoms with Crippen LogP contribution in [-0.2, 0) is 19.1 Å². The number of likely N-dealkylation sites (tertiary alicyclic amines) is 1. The monoisotopic (exact) mass is 546 g/mol. The summed E-state index contributed by atoms with van der Waals surface area (Å²) in [5.41, 5.74) is -1.41. The normalized spacial score (nSPS) is 23.0. The molecule has 2 fully saturated rings. The van der Waals surface area contributed by atoms with Crippen molar-refractivity contribution in [3.8, 4) is 12.3 Å². The molecule has 10 heteroatoms. The molecular formula is C29H46N4O6. The van der Waals surface area contributed by atoms with Crippen molar-refractivity contribution >= 4 is 23.8 Å². The maximum absolute atomic E-state index is 14.0. The van der Waals surface area contributed by atoms with E-state index in [0.717, 1.165) is 19.3 Å². The third kappa shape index (κ3) is 8.72. The van der Waals surface area contributed by atoms with Crippen molar-refractivity contribution in [2.45, 2.75) is 103 Å². The standard InChI is InChI=1S/C29H46N4O6/c1-9-11-15-20(22(34)25(36)30-16-10-2)31-24(35)21-19-14-12-13-18(19)17-33(21)26(37)23(28(3,4)5)32-27(38)39-29(6,7)8/h1,10,18-23,34H,2,11-17H2,3-8H3,(H,30,36)(H,31,35)(H,32,38)/t18-,19-,20?,21-,22?,23+/m0/s1. The van der Waals surface area contributed by atoms with E-state index in [4.69, 9.17) is 11.2 Å². The Morgan fingerprint density at radius 3 is 2.38 bits per heavy atom. The van der Waals surface area contributed by atoms with Gasteiger partial charge in [0, 0.05) is 19.5 Å². The zero-order valence-corrected chi connectivity index (χ0v) is 24.2. The molecule has 1 aliphatic heterocycles. The van der Waals surface area contributed by atoms with Gasteiger partial charge in [-0.05, 0) is 57.3 Å².